The van der Waals surface area contributed by atoms with Crippen molar-refractivity contribution < 1.29 is 17.9 Å². The largest absolute Gasteiger partial charge is 0.573 e. The van der Waals surface area contributed by atoms with Crippen LogP contribution in [-0.2, 0) is 0 Å². The molecule has 78 valence electrons. The summed E-state index contributed by atoms with van der Waals surface area (Å²) in [4.78, 5) is 0. The fraction of sp³-hybridized carbons (Fsp3) is 0.400. The van der Waals surface area contributed by atoms with Crippen LogP contribution in [0.25, 0.3) is 0 Å². The molecule has 0 saturated heterocycles. The molecule has 14 heavy (non-hydrogen) atoms. The molecular weight excluding hydrogens is 193 g/mol. The summed E-state index contributed by atoms with van der Waals surface area (Å²) in [7, 11) is 0. The second-order valence-electron chi connectivity index (χ2n) is 2.92. The third-order valence-corrected chi connectivity index (χ3v) is 1.33. The summed E-state index contributed by atoms with van der Waals surface area (Å²) in [6.07, 6.45) is -0.0959. The first-order valence-electron chi connectivity index (χ1n) is 4.39. The van der Waals surface area contributed by atoms with Gasteiger partial charge in [0.25, 0.3) is 0 Å². The Morgan fingerprint density at radius 1 is 0.929 bits per heavy atom. The van der Waals surface area contributed by atoms with Crippen LogP contribution in [0.2, 0.25) is 0 Å². The van der Waals surface area contributed by atoms with Crippen molar-refractivity contribution in [3.63, 3.8) is 0 Å². The van der Waals surface area contributed by atoms with Gasteiger partial charge in [-0.2, -0.15) is 0 Å². The summed E-state index contributed by atoms with van der Waals surface area (Å²) in [6.45, 7) is 0. The molecule has 0 unspecified atom stereocenters. The van der Waals surface area contributed by atoms with E-state index in [9.17, 15) is 13.2 Å². The zero-order valence-corrected chi connectivity index (χ0v) is 7.55. The van der Waals surface area contributed by atoms with E-state index in [1.54, 1.807) is 6.07 Å². The van der Waals surface area contributed by atoms with E-state index in [2.05, 4.69) is 4.74 Å². The average Bonchev–Trinajstić information content (AvgIpc) is 2.88. The Hall–Kier alpha value is -1.19. The maximum atomic E-state index is 11.5. The van der Waals surface area contributed by atoms with Crippen molar-refractivity contribution in [2.75, 3.05) is 0 Å². The Bertz CT molecular complexity index is 251. The standard InChI is InChI=1S/C7H5F3O.C3H6/c8-7(9,10)11-6-4-2-1-3-5-6;1-2-3-1/h1-5H;1-3H2. The Labute approximate surface area is 80.5 Å². The summed E-state index contributed by atoms with van der Waals surface area (Å²) >= 11 is 0. The molecule has 0 bridgehead atoms. The fourth-order valence-corrected chi connectivity index (χ4v) is 0.622. The van der Waals surface area contributed by atoms with Gasteiger partial charge in [-0.05, 0) is 12.1 Å². The molecule has 1 fully saturated rings. The van der Waals surface area contributed by atoms with Gasteiger partial charge in [-0.3, -0.25) is 0 Å². The van der Waals surface area contributed by atoms with Crippen LogP contribution in [0, 0.1) is 0 Å². The second-order valence-corrected chi connectivity index (χ2v) is 2.92. The van der Waals surface area contributed by atoms with Gasteiger partial charge in [0.15, 0.2) is 0 Å². The van der Waals surface area contributed by atoms with E-state index in [1.165, 1.54) is 43.5 Å². The first-order valence-corrected chi connectivity index (χ1v) is 4.39. The highest BCUT2D eigenvalue weighted by Crippen LogP contribution is 2.21. The molecule has 0 aromatic heterocycles. The number of hydrogen-bond donors (Lipinski definition) is 0. The van der Waals surface area contributed by atoms with Crippen LogP contribution >= 0.6 is 0 Å². The summed E-state index contributed by atoms with van der Waals surface area (Å²) < 4.78 is 38.2. The summed E-state index contributed by atoms with van der Waals surface area (Å²) in [6, 6.07) is 7.05. The lowest BCUT2D eigenvalue weighted by Crippen LogP contribution is -2.16. The van der Waals surface area contributed by atoms with Gasteiger partial charge in [0.2, 0.25) is 0 Å². The minimum atomic E-state index is -4.60. The second kappa shape index (κ2) is 4.88. The quantitative estimate of drug-likeness (QED) is 0.676. The van der Waals surface area contributed by atoms with E-state index >= 15 is 0 Å². The number of alkyl halides is 3. The van der Waals surface area contributed by atoms with Gasteiger partial charge in [0, 0.05) is 0 Å². The van der Waals surface area contributed by atoms with Gasteiger partial charge in [-0.15, -0.1) is 13.2 Å². The number of rotatable bonds is 1. The van der Waals surface area contributed by atoms with E-state index in [0.29, 0.717) is 0 Å². The molecule has 1 aliphatic carbocycles. The Morgan fingerprint density at radius 2 is 1.43 bits per heavy atom. The van der Waals surface area contributed by atoms with Crippen LogP contribution in [0.1, 0.15) is 19.3 Å². The highest BCUT2D eigenvalue weighted by Gasteiger charge is 2.30. The molecule has 0 amide bonds. The molecule has 4 heteroatoms. The first-order chi connectivity index (χ1) is 6.58. The third-order valence-electron chi connectivity index (χ3n) is 1.33. The van der Waals surface area contributed by atoms with Crippen molar-refractivity contribution in [2.24, 2.45) is 0 Å². The van der Waals surface area contributed by atoms with Gasteiger partial charge in [-0.25, -0.2) is 0 Å². The van der Waals surface area contributed by atoms with Gasteiger partial charge in [0.05, 0.1) is 0 Å². The van der Waals surface area contributed by atoms with Gasteiger partial charge >= 0.3 is 6.36 Å². The van der Waals surface area contributed by atoms with E-state index in [1.807, 2.05) is 0 Å². The van der Waals surface area contributed by atoms with Crippen LogP contribution in [0.3, 0.4) is 0 Å². The minimum Gasteiger partial charge on any atom is -0.406 e. The average molecular weight is 204 g/mol. The van der Waals surface area contributed by atoms with Crippen LogP contribution in [0.4, 0.5) is 13.2 Å². The van der Waals surface area contributed by atoms with Crippen LogP contribution < -0.4 is 4.74 Å². The lowest BCUT2D eigenvalue weighted by molar-refractivity contribution is -0.274. The fourth-order valence-electron chi connectivity index (χ4n) is 0.622. The summed E-state index contributed by atoms with van der Waals surface area (Å²) in [5.74, 6) is -0.194. The van der Waals surface area contributed by atoms with Crippen molar-refractivity contribution >= 4 is 0 Å². The van der Waals surface area contributed by atoms with Crippen LogP contribution in [0.5, 0.6) is 5.75 Å². The predicted molar refractivity (Wildman–Crippen MR) is 47.0 cm³/mol. The molecule has 0 heterocycles. The molecule has 1 aromatic rings. The molecule has 1 nitrogen and oxygen atoms in total. The zero-order valence-electron chi connectivity index (χ0n) is 7.55. The number of ether oxygens (including phenoxy) is 1. The van der Waals surface area contributed by atoms with E-state index in [-0.39, 0.29) is 5.75 Å². The van der Waals surface area contributed by atoms with Crippen LogP contribution in [0.15, 0.2) is 30.3 Å². The zero-order chi connectivity index (χ0) is 10.4. The molecule has 1 aliphatic rings. The topological polar surface area (TPSA) is 9.23 Å². The highest BCUT2D eigenvalue weighted by molar-refractivity contribution is 5.20. The van der Waals surface area contributed by atoms with E-state index < -0.39 is 6.36 Å². The van der Waals surface area contributed by atoms with Gasteiger partial charge in [0.1, 0.15) is 5.75 Å². The number of benzene rings is 1. The Morgan fingerprint density at radius 3 is 1.79 bits per heavy atom. The van der Waals surface area contributed by atoms with Crippen molar-refractivity contribution in [1.29, 1.82) is 0 Å². The lowest BCUT2D eigenvalue weighted by Gasteiger charge is -2.07. The maximum absolute atomic E-state index is 11.5. The minimum absolute atomic E-state index is 0.194. The summed E-state index contributed by atoms with van der Waals surface area (Å²) in [5.41, 5.74) is 0. The molecule has 0 radical (unpaired) electrons. The van der Waals surface area contributed by atoms with E-state index in [0.717, 1.165) is 0 Å². The highest BCUT2D eigenvalue weighted by atomic mass is 19.4. The molecular formula is C10H11F3O. The third kappa shape index (κ3) is 6.34. The molecule has 0 atom stereocenters. The molecule has 0 N–H and O–H groups in total. The van der Waals surface area contributed by atoms with Gasteiger partial charge in [-0.1, -0.05) is 37.5 Å². The predicted octanol–water partition coefficient (Wildman–Crippen LogP) is 3.76. The normalized spacial score (nSPS) is 13.9. The SMILES string of the molecule is C1CC1.FC(F)(F)Oc1ccccc1. The molecule has 1 saturated carbocycles. The molecule has 0 aliphatic heterocycles. The van der Waals surface area contributed by atoms with E-state index in [4.69, 9.17) is 0 Å². The smallest absolute Gasteiger partial charge is 0.406 e. The number of hydrogen-bond acceptors (Lipinski definition) is 1. The van der Waals surface area contributed by atoms with Crippen molar-refractivity contribution in [3.05, 3.63) is 30.3 Å². The first kappa shape index (κ1) is 10.9. The monoisotopic (exact) mass is 204 g/mol. The molecule has 0 spiro atoms. The van der Waals surface area contributed by atoms with Crippen LogP contribution in [-0.4, -0.2) is 6.36 Å². The summed E-state index contributed by atoms with van der Waals surface area (Å²) in [5, 5.41) is 0. The molecule has 2 rings (SSSR count). The van der Waals surface area contributed by atoms with Crippen molar-refractivity contribution in [2.45, 2.75) is 25.6 Å². The Kier molecular flexibility index (Phi) is 3.80. The van der Waals surface area contributed by atoms with Crippen molar-refractivity contribution in [3.8, 4) is 5.75 Å². The Balaban J connectivity index is 0.000000276. The lowest BCUT2D eigenvalue weighted by atomic mass is 10.3. The number of halogens is 3. The molecule has 1 aromatic carbocycles. The van der Waals surface area contributed by atoms with Gasteiger partial charge < -0.3 is 4.74 Å². The maximum Gasteiger partial charge on any atom is 0.573 e. The van der Waals surface area contributed by atoms with Crippen molar-refractivity contribution in [1.82, 2.24) is 0 Å². The number of para-hydroxylation sites is 1.